The van der Waals surface area contributed by atoms with Crippen LogP contribution in [0, 0.1) is 5.92 Å². The monoisotopic (exact) mass is 376 g/mol. The molecule has 8 nitrogen and oxygen atoms in total. The van der Waals surface area contributed by atoms with Crippen molar-refractivity contribution < 1.29 is 9.59 Å². The van der Waals surface area contributed by atoms with Crippen LogP contribution in [0.3, 0.4) is 0 Å². The van der Waals surface area contributed by atoms with Gasteiger partial charge < -0.3 is 15.1 Å². The Morgan fingerprint density at radius 1 is 1.15 bits per heavy atom. The normalized spacial score (nSPS) is 19.8. The van der Waals surface area contributed by atoms with Gasteiger partial charge in [-0.25, -0.2) is 4.68 Å². The van der Waals surface area contributed by atoms with E-state index < -0.39 is 0 Å². The molecule has 1 saturated heterocycles. The van der Waals surface area contributed by atoms with E-state index in [1.165, 1.54) is 54.4 Å². The highest BCUT2D eigenvalue weighted by Gasteiger charge is 2.24. The van der Waals surface area contributed by atoms with Crippen LogP contribution in [-0.4, -0.2) is 76.4 Å². The van der Waals surface area contributed by atoms with Crippen molar-refractivity contribution in [2.24, 2.45) is 5.92 Å². The van der Waals surface area contributed by atoms with Gasteiger partial charge in [-0.2, -0.15) is 0 Å². The molecule has 0 bridgehead atoms. The van der Waals surface area contributed by atoms with Gasteiger partial charge in [0.05, 0.1) is 6.20 Å². The molecule has 0 aromatic carbocycles. The van der Waals surface area contributed by atoms with Gasteiger partial charge in [0.2, 0.25) is 5.91 Å². The Labute approximate surface area is 161 Å². The van der Waals surface area contributed by atoms with E-state index in [0.29, 0.717) is 0 Å². The maximum absolute atomic E-state index is 12.4. The quantitative estimate of drug-likeness (QED) is 0.805. The van der Waals surface area contributed by atoms with Gasteiger partial charge in [-0.3, -0.25) is 9.59 Å². The number of hydrogen-bond donors (Lipinski definition) is 1. The van der Waals surface area contributed by atoms with Crippen LogP contribution in [-0.2, 0) is 11.3 Å². The van der Waals surface area contributed by atoms with E-state index in [-0.39, 0.29) is 30.1 Å². The predicted octanol–water partition coefficient (Wildman–Crippen LogP) is 1.14. The molecule has 8 heteroatoms. The maximum atomic E-state index is 12.4. The van der Waals surface area contributed by atoms with Gasteiger partial charge in [0.25, 0.3) is 5.91 Å². The number of carbonyl (C=O) groups is 2. The van der Waals surface area contributed by atoms with Crippen molar-refractivity contribution in [2.45, 2.75) is 57.5 Å². The number of carbonyl (C=O) groups excluding carboxylic acids is 2. The zero-order chi connectivity index (χ0) is 19.2. The fourth-order valence-electron chi connectivity index (χ4n) is 4.01. The molecule has 1 aromatic heterocycles. The largest absolute Gasteiger partial charge is 0.348 e. The van der Waals surface area contributed by atoms with Crippen molar-refractivity contribution in [3.63, 3.8) is 0 Å². The molecule has 1 saturated carbocycles. The standard InChI is InChI=1S/C19H32N6O2/c1-23(2)18(26)14-25-13-17(21-22-25)19(27)20-16-8-10-24(11-9-16)12-15-6-4-3-5-7-15/h13,15-16H,3-12,14H2,1-2H3,(H,20,27). The summed E-state index contributed by atoms with van der Waals surface area (Å²) in [6, 6.07) is 0.189. The van der Waals surface area contributed by atoms with Crippen molar-refractivity contribution in [3.8, 4) is 0 Å². The van der Waals surface area contributed by atoms with Crippen molar-refractivity contribution >= 4 is 11.8 Å². The third-order valence-corrected chi connectivity index (χ3v) is 5.73. The molecule has 2 fully saturated rings. The summed E-state index contributed by atoms with van der Waals surface area (Å²) in [5.41, 5.74) is 0.270. The third-order valence-electron chi connectivity index (χ3n) is 5.73. The molecule has 0 radical (unpaired) electrons. The second-order valence-corrected chi connectivity index (χ2v) is 8.14. The molecule has 0 atom stereocenters. The Bertz CT molecular complexity index is 630. The number of likely N-dealkylation sites (N-methyl/N-ethyl adjacent to an activating group) is 1. The molecular weight excluding hydrogens is 344 g/mol. The summed E-state index contributed by atoms with van der Waals surface area (Å²) in [5.74, 6) is 0.575. The predicted molar refractivity (Wildman–Crippen MR) is 102 cm³/mol. The summed E-state index contributed by atoms with van der Waals surface area (Å²) in [5, 5.41) is 10.9. The molecule has 1 aromatic rings. The van der Waals surface area contributed by atoms with Crippen LogP contribution in [0.4, 0.5) is 0 Å². The molecule has 1 aliphatic heterocycles. The molecule has 2 amide bonds. The van der Waals surface area contributed by atoms with E-state index in [1.807, 2.05) is 0 Å². The number of piperidine rings is 1. The first-order valence-corrected chi connectivity index (χ1v) is 10.1. The second-order valence-electron chi connectivity index (χ2n) is 8.14. The van der Waals surface area contributed by atoms with Crippen LogP contribution >= 0.6 is 0 Å². The van der Waals surface area contributed by atoms with Crippen LogP contribution in [0.15, 0.2) is 6.20 Å². The van der Waals surface area contributed by atoms with Crippen molar-refractivity contribution in [3.05, 3.63) is 11.9 Å². The minimum Gasteiger partial charge on any atom is -0.348 e. The van der Waals surface area contributed by atoms with Crippen LogP contribution in [0.2, 0.25) is 0 Å². The third kappa shape index (κ3) is 5.76. The fraction of sp³-hybridized carbons (Fsp3) is 0.789. The summed E-state index contributed by atoms with van der Waals surface area (Å²) >= 11 is 0. The lowest BCUT2D eigenvalue weighted by atomic mass is 9.88. The van der Waals surface area contributed by atoms with Crippen molar-refractivity contribution in [2.75, 3.05) is 33.7 Å². The molecular formula is C19H32N6O2. The molecule has 3 rings (SSSR count). The molecule has 1 N–H and O–H groups in total. The van der Waals surface area contributed by atoms with Crippen LogP contribution in [0.1, 0.15) is 55.4 Å². The smallest absolute Gasteiger partial charge is 0.273 e. The Morgan fingerprint density at radius 2 is 1.85 bits per heavy atom. The lowest BCUT2D eigenvalue weighted by Gasteiger charge is -2.35. The van der Waals surface area contributed by atoms with Gasteiger partial charge in [-0.05, 0) is 31.6 Å². The zero-order valence-corrected chi connectivity index (χ0v) is 16.6. The minimum atomic E-state index is -0.204. The highest BCUT2D eigenvalue weighted by molar-refractivity contribution is 5.92. The number of amides is 2. The second kappa shape index (κ2) is 9.30. The Hall–Kier alpha value is -1.96. The number of hydrogen-bond acceptors (Lipinski definition) is 5. The fourth-order valence-corrected chi connectivity index (χ4v) is 4.01. The molecule has 0 unspecified atom stereocenters. The first kappa shape index (κ1) is 19.8. The summed E-state index contributed by atoms with van der Waals surface area (Å²) in [6.07, 6.45) is 10.4. The Kier molecular flexibility index (Phi) is 6.82. The van der Waals surface area contributed by atoms with E-state index in [0.717, 1.165) is 31.8 Å². The molecule has 2 aliphatic rings. The average Bonchev–Trinajstić information content (AvgIpc) is 3.13. The highest BCUT2D eigenvalue weighted by atomic mass is 16.2. The summed E-state index contributed by atoms with van der Waals surface area (Å²) < 4.78 is 1.41. The number of nitrogens with one attached hydrogen (secondary N) is 1. The molecule has 1 aliphatic carbocycles. The first-order chi connectivity index (χ1) is 13.0. The van der Waals surface area contributed by atoms with Crippen LogP contribution in [0.5, 0.6) is 0 Å². The first-order valence-electron chi connectivity index (χ1n) is 10.1. The molecule has 0 spiro atoms. The highest BCUT2D eigenvalue weighted by Crippen LogP contribution is 2.25. The SMILES string of the molecule is CN(C)C(=O)Cn1cc(C(=O)NC2CCN(CC3CCCCC3)CC2)nn1. The van der Waals surface area contributed by atoms with Crippen LogP contribution < -0.4 is 5.32 Å². The summed E-state index contributed by atoms with van der Waals surface area (Å²) in [4.78, 5) is 28.2. The van der Waals surface area contributed by atoms with E-state index in [1.54, 1.807) is 14.1 Å². The van der Waals surface area contributed by atoms with Gasteiger partial charge in [-0.15, -0.1) is 5.10 Å². The lowest BCUT2D eigenvalue weighted by molar-refractivity contribution is -0.129. The van der Waals surface area contributed by atoms with Gasteiger partial charge in [0, 0.05) is 39.8 Å². The van der Waals surface area contributed by atoms with Crippen molar-refractivity contribution in [1.82, 2.24) is 30.1 Å². The van der Waals surface area contributed by atoms with Crippen LogP contribution in [0.25, 0.3) is 0 Å². The topological polar surface area (TPSA) is 83.4 Å². The number of likely N-dealkylation sites (tertiary alicyclic amines) is 1. The minimum absolute atomic E-state index is 0.0859. The summed E-state index contributed by atoms with van der Waals surface area (Å²) in [6.45, 7) is 3.40. The van der Waals surface area contributed by atoms with Crippen molar-refractivity contribution in [1.29, 1.82) is 0 Å². The van der Waals surface area contributed by atoms with Gasteiger partial charge in [0.15, 0.2) is 5.69 Å². The zero-order valence-electron chi connectivity index (χ0n) is 16.6. The van der Waals surface area contributed by atoms with E-state index in [9.17, 15) is 9.59 Å². The van der Waals surface area contributed by atoms with E-state index in [2.05, 4.69) is 20.5 Å². The number of aromatic nitrogens is 3. The molecule has 150 valence electrons. The summed E-state index contributed by atoms with van der Waals surface area (Å²) in [7, 11) is 3.38. The molecule has 2 heterocycles. The average molecular weight is 377 g/mol. The van der Waals surface area contributed by atoms with E-state index in [4.69, 9.17) is 0 Å². The van der Waals surface area contributed by atoms with E-state index >= 15 is 0 Å². The molecule has 27 heavy (non-hydrogen) atoms. The Balaban J connectivity index is 1.41. The van der Waals surface area contributed by atoms with Gasteiger partial charge in [0.1, 0.15) is 6.54 Å². The lowest BCUT2D eigenvalue weighted by Crippen LogP contribution is -2.46. The maximum Gasteiger partial charge on any atom is 0.273 e. The Morgan fingerprint density at radius 3 is 2.52 bits per heavy atom. The van der Waals surface area contributed by atoms with Gasteiger partial charge in [-0.1, -0.05) is 24.5 Å². The number of nitrogens with zero attached hydrogens (tertiary/aromatic N) is 5. The van der Waals surface area contributed by atoms with Gasteiger partial charge >= 0.3 is 0 Å². The number of rotatable bonds is 6.